The normalized spacial score (nSPS) is 20.9. The Bertz CT molecular complexity index is 397. The number of rotatable bonds is 5. The number of amides is 1. The van der Waals surface area contributed by atoms with Crippen molar-refractivity contribution in [2.45, 2.75) is 38.4 Å². The van der Waals surface area contributed by atoms with Gasteiger partial charge in [-0.25, -0.2) is 4.98 Å². The molecule has 1 aromatic rings. The van der Waals surface area contributed by atoms with Crippen molar-refractivity contribution < 1.29 is 19.1 Å². The molecular formula is C12H18N2O4. The van der Waals surface area contributed by atoms with Crippen LogP contribution in [0, 0.1) is 0 Å². The molecule has 18 heavy (non-hydrogen) atoms. The molecule has 2 unspecified atom stereocenters. The summed E-state index contributed by atoms with van der Waals surface area (Å²) in [5, 5.41) is 11.8. The van der Waals surface area contributed by atoms with Crippen molar-refractivity contribution in [3.8, 4) is 0 Å². The zero-order valence-electron chi connectivity index (χ0n) is 10.4. The van der Waals surface area contributed by atoms with E-state index in [1.54, 1.807) is 6.92 Å². The molecular weight excluding hydrogens is 236 g/mol. The van der Waals surface area contributed by atoms with E-state index in [1.807, 2.05) is 0 Å². The van der Waals surface area contributed by atoms with Crippen LogP contribution in [0.2, 0.25) is 0 Å². The largest absolute Gasteiger partial charge is 0.445 e. The topological polar surface area (TPSA) is 84.6 Å². The first kappa shape index (κ1) is 13.0. The maximum Gasteiger partial charge on any atom is 0.273 e. The third-order valence-electron chi connectivity index (χ3n) is 2.88. The van der Waals surface area contributed by atoms with Crippen LogP contribution in [-0.4, -0.2) is 35.3 Å². The van der Waals surface area contributed by atoms with Crippen LogP contribution < -0.4 is 5.32 Å². The van der Waals surface area contributed by atoms with E-state index in [1.165, 1.54) is 6.39 Å². The number of nitrogens with one attached hydrogen (secondary N) is 1. The molecule has 6 nitrogen and oxygen atoms in total. The van der Waals surface area contributed by atoms with Gasteiger partial charge in [0.1, 0.15) is 6.10 Å². The first-order valence-electron chi connectivity index (χ1n) is 6.19. The van der Waals surface area contributed by atoms with Gasteiger partial charge in [0, 0.05) is 13.2 Å². The number of aliphatic hydroxyl groups excluding tert-OH is 1. The van der Waals surface area contributed by atoms with Crippen LogP contribution >= 0.6 is 0 Å². The average Bonchev–Trinajstić information content (AvgIpc) is 2.99. The molecule has 1 fully saturated rings. The molecule has 1 aromatic heterocycles. The number of nitrogens with zero attached hydrogens (tertiary/aromatic N) is 1. The number of ether oxygens (including phenoxy) is 1. The van der Waals surface area contributed by atoms with Gasteiger partial charge in [-0.1, -0.05) is 0 Å². The van der Waals surface area contributed by atoms with E-state index >= 15 is 0 Å². The Morgan fingerprint density at radius 2 is 2.56 bits per heavy atom. The van der Waals surface area contributed by atoms with Gasteiger partial charge in [0.15, 0.2) is 17.8 Å². The Morgan fingerprint density at radius 3 is 3.22 bits per heavy atom. The molecule has 0 aliphatic carbocycles. The lowest BCUT2D eigenvalue weighted by atomic mass is 10.1. The Morgan fingerprint density at radius 1 is 1.72 bits per heavy atom. The predicted octanol–water partition coefficient (Wildman–Crippen LogP) is 1.03. The van der Waals surface area contributed by atoms with Crippen LogP contribution in [-0.2, 0) is 4.74 Å². The van der Waals surface area contributed by atoms with Gasteiger partial charge in [0.05, 0.1) is 6.10 Å². The van der Waals surface area contributed by atoms with E-state index in [9.17, 15) is 4.79 Å². The van der Waals surface area contributed by atoms with Gasteiger partial charge in [-0.05, 0) is 26.2 Å². The summed E-state index contributed by atoms with van der Waals surface area (Å²) in [6.07, 6.45) is 3.00. The molecule has 2 heterocycles. The second-order valence-electron chi connectivity index (χ2n) is 4.46. The van der Waals surface area contributed by atoms with Crippen LogP contribution in [0.25, 0.3) is 0 Å². The summed E-state index contributed by atoms with van der Waals surface area (Å²) < 4.78 is 10.7. The van der Waals surface area contributed by atoms with Gasteiger partial charge in [0.25, 0.3) is 5.91 Å². The lowest BCUT2D eigenvalue weighted by molar-refractivity contribution is 0.0857. The summed E-state index contributed by atoms with van der Waals surface area (Å²) in [6.45, 7) is 2.78. The molecule has 1 amide bonds. The minimum absolute atomic E-state index is 0.162. The van der Waals surface area contributed by atoms with E-state index in [0.717, 1.165) is 12.8 Å². The SMILES string of the molecule is CC(O)CCNC(=O)c1ncoc1C1CCCO1. The standard InChI is InChI=1S/C12H18N2O4/c1-8(15)4-5-13-12(16)10-11(18-7-14-10)9-3-2-6-17-9/h7-9,15H,2-6H2,1H3,(H,13,16). The molecule has 6 heteroatoms. The number of oxazole rings is 1. The Kier molecular flexibility index (Phi) is 4.33. The monoisotopic (exact) mass is 254 g/mol. The number of hydrogen-bond acceptors (Lipinski definition) is 5. The lowest BCUT2D eigenvalue weighted by Gasteiger charge is -2.09. The predicted molar refractivity (Wildman–Crippen MR) is 63.1 cm³/mol. The molecule has 2 rings (SSSR count). The number of hydrogen-bond donors (Lipinski definition) is 2. The molecule has 0 aromatic carbocycles. The van der Waals surface area contributed by atoms with E-state index in [4.69, 9.17) is 14.3 Å². The third-order valence-corrected chi connectivity index (χ3v) is 2.88. The van der Waals surface area contributed by atoms with Crippen LogP contribution in [0.15, 0.2) is 10.8 Å². The van der Waals surface area contributed by atoms with Gasteiger partial charge in [-0.2, -0.15) is 0 Å². The molecule has 0 bridgehead atoms. The van der Waals surface area contributed by atoms with Gasteiger partial charge < -0.3 is 19.6 Å². The molecule has 1 aliphatic heterocycles. The van der Waals surface area contributed by atoms with E-state index < -0.39 is 6.10 Å². The van der Waals surface area contributed by atoms with Crippen LogP contribution in [0.5, 0.6) is 0 Å². The summed E-state index contributed by atoms with van der Waals surface area (Å²) in [6, 6.07) is 0. The fourth-order valence-electron chi connectivity index (χ4n) is 1.92. The average molecular weight is 254 g/mol. The van der Waals surface area contributed by atoms with Gasteiger partial charge >= 0.3 is 0 Å². The number of carbonyl (C=O) groups is 1. The van der Waals surface area contributed by atoms with Crippen molar-refractivity contribution in [3.05, 3.63) is 17.8 Å². The number of aromatic nitrogens is 1. The van der Waals surface area contributed by atoms with E-state index in [0.29, 0.717) is 25.3 Å². The van der Waals surface area contributed by atoms with Crippen LogP contribution in [0.4, 0.5) is 0 Å². The Labute approximate surface area is 105 Å². The summed E-state index contributed by atoms with van der Waals surface area (Å²) >= 11 is 0. The first-order valence-corrected chi connectivity index (χ1v) is 6.19. The van der Waals surface area contributed by atoms with Gasteiger partial charge in [0.2, 0.25) is 0 Å². The second-order valence-corrected chi connectivity index (χ2v) is 4.46. The molecule has 0 spiro atoms. The quantitative estimate of drug-likeness (QED) is 0.819. The summed E-state index contributed by atoms with van der Waals surface area (Å²) in [7, 11) is 0. The highest BCUT2D eigenvalue weighted by atomic mass is 16.5. The zero-order valence-corrected chi connectivity index (χ0v) is 10.4. The highest BCUT2D eigenvalue weighted by Gasteiger charge is 2.27. The Balaban J connectivity index is 1.95. The molecule has 1 aliphatic rings. The van der Waals surface area contributed by atoms with Gasteiger partial charge in [-0.3, -0.25) is 4.79 Å². The maximum atomic E-state index is 11.9. The van der Waals surface area contributed by atoms with Crippen molar-refractivity contribution in [1.82, 2.24) is 10.3 Å². The van der Waals surface area contributed by atoms with Crippen LogP contribution in [0.3, 0.4) is 0 Å². The second kappa shape index (κ2) is 5.97. The van der Waals surface area contributed by atoms with E-state index in [-0.39, 0.29) is 17.7 Å². The van der Waals surface area contributed by atoms with Crippen LogP contribution in [0.1, 0.15) is 48.5 Å². The molecule has 100 valence electrons. The fourth-order valence-corrected chi connectivity index (χ4v) is 1.92. The summed E-state index contributed by atoms with van der Waals surface area (Å²) in [5.41, 5.74) is 0.285. The third kappa shape index (κ3) is 3.08. The number of carbonyl (C=O) groups excluding carboxylic acids is 1. The van der Waals surface area contributed by atoms with E-state index in [2.05, 4.69) is 10.3 Å². The van der Waals surface area contributed by atoms with Crippen molar-refractivity contribution >= 4 is 5.91 Å². The van der Waals surface area contributed by atoms with Crippen molar-refractivity contribution in [2.24, 2.45) is 0 Å². The summed E-state index contributed by atoms with van der Waals surface area (Å²) in [5.74, 6) is 0.219. The molecule has 1 saturated heterocycles. The lowest BCUT2D eigenvalue weighted by Crippen LogP contribution is -2.27. The minimum Gasteiger partial charge on any atom is -0.445 e. The molecule has 0 saturated carbocycles. The zero-order chi connectivity index (χ0) is 13.0. The maximum absolute atomic E-state index is 11.9. The molecule has 0 radical (unpaired) electrons. The minimum atomic E-state index is -0.430. The fraction of sp³-hybridized carbons (Fsp3) is 0.667. The number of aliphatic hydroxyl groups is 1. The smallest absolute Gasteiger partial charge is 0.273 e. The molecule has 2 N–H and O–H groups in total. The van der Waals surface area contributed by atoms with Gasteiger partial charge in [-0.15, -0.1) is 0 Å². The Hall–Kier alpha value is -1.40. The summed E-state index contributed by atoms with van der Waals surface area (Å²) in [4.78, 5) is 15.8. The molecule has 2 atom stereocenters. The van der Waals surface area contributed by atoms with Crippen molar-refractivity contribution in [3.63, 3.8) is 0 Å². The highest BCUT2D eigenvalue weighted by molar-refractivity contribution is 5.93. The van der Waals surface area contributed by atoms with Crippen molar-refractivity contribution in [1.29, 1.82) is 0 Å². The van der Waals surface area contributed by atoms with Crippen molar-refractivity contribution in [2.75, 3.05) is 13.2 Å². The first-order chi connectivity index (χ1) is 8.68. The highest BCUT2D eigenvalue weighted by Crippen LogP contribution is 2.30.